The van der Waals surface area contributed by atoms with E-state index in [0.717, 1.165) is 26.3 Å². The van der Waals surface area contributed by atoms with Crippen molar-refractivity contribution in [2.75, 3.05) is 5.73 Å². The fourth-order valence-electron chi connectivity index (χ4n) is 2.17. The lowest BCUT2D eigenvalue weighted by Gasteiger charge is -2.08. The van der Waals surface area contributed by atoms with E-state index in [0.29, 0.717) is 11.3 Å². The van der Waals surface area contributed by atoms with Gasteiger partial charge in [-0.05, 0) is 24.3 Å². The first-order chi connectivity index (χ1) is 10.3. The first-order valence-electron chi connectivity index (χ1n) is 6.28. The molecule has 0 saturated heterocycles. The van der Waals surface area contributed by atoms with E-state index in [9.17, 15) is 0 Å². The second-order valence-electron chi connectivity index (χ2n) is 4.43. The standard InChI is InChI=1S/C14H10N6S/c15-11-8-2-1-5-16-9(8)3-4-10(11)21-14-12-13(18-6-17-12)19-7-20-14/h1-7H,15H2,(H,17,18,19,20). The van der Waals surface area contributed by atoms with Crippen molar-refractivity contribution in [3.8, 4) is 0 Å². The van der Waals surface area contributed by atoms with Crippen LogP contribution in [-0.4, -0.2) is 24.9 Å². The zero-order valence-corrected chi connectivity index (χ0v) is 11.6. The molecule has 0 aliphatic rings. The Morgan fingerprint density at radius 2 is 2.00 bits per heavy atom. The van der Waals surface area contributed by atoms with Crippen LogP contribution in [0.15, 0.2) is 53.0 Å². The first-order valence-corrected chi connectivity index (χ1v) is 7.10. The number of benzene rings is 1. The Balaban J connectivity index is 1.84. The van der Waals surface area contributed by atoms with E-state index in [1.807, 2.05) is 24.3 Å². The third-order valence-corrected chi connectivity index (χ3v) is 4.26. The maximum Gasteiger partial charge on any atom is 0.181 e. The van der Waals surface area contributed by atoms with Crippen LogP contribution < -0.4 is 5.73 Å². The molecule has 0 bridgehead atoms. The van der Waals surface area contributed by atoms with E-state index in [2.05, 4.69) is 24.9 Å². The molecule has 4 rings (SSSR count). The molecule has 0 amide bonds. The molecule has 4 aromatic rings. The van der Waals surface area contributed by atoms with Crippen molar-refractivity contribution >= 4 is 39.5 Å². The minimum atomic E-state index is 0.647. The smallest absolute Gasteiger partial charge is 0.181 e. The monoisotopic (exact) mass is 294 g/mol. The summed E-state index contributed by atoms with van der Waals surface area (Å²) in [6.45, 7) is 0. The number of anilines is 1. The van der Waals surface area contributed by atoms with E-state index in [1.54, 1.807) is 12.5 Å². The zero-order valence-electron chi connectivity index (χ0n) is 10.8. The van der Waals surface area contributed by atoms with Crippen LogP contribution in [0.3, 0.4) is 0 Å². The van der Waals surface area contributed by atoms with Gasteiger partial charge in [-0.25, -0.2) is 15.0 Å². The fourth-order valence-corrected chi connectivity index (χ4v) is 3.09. The summed E-state index contributed by atoms with van der Waals surface area (Å²) in [7, 11) is 0. The number of hydrogen-bond donors (Lipinski definition) is 2. The lowest BCUT2D eigenvalue weighted by atomic mass is 10.2. The van der Waals surface area contributed by atoms with Gasteiger partial charge in [0.05, 0.1) is 17.5 Å². The zero-order chi connectivity index (χ0) is 14.2. The molecule has 0 saturated carbocycles. The molecule has 0 atom stereocenters. The number of pyridine rings is 1. The van der Waals surface area contributed by atoms with Crippen LogP contribution in [0.5, 0.6) is 0 Å². The highest BCUT2D eigenvalue weighted by molar-refractivity contribution is 7.99. The van der Waals surface area contributed by atoms with Gasteiger partial charge < -0.3 is 10.7 Å². The highest BCUT2D eigenvalue weighted by Gasteiger charge is 2.11. The SMILES string of the molecule is Nc1c(Sc2ncnc3nc[nH]c23)ccc2ncccc12. The fraction of sp³-hybridized carbons (Fsp3) is 0. The number of aromatic amines is 1. The number of H-pyrrole nitrogens is 1. The van der Waals surface area contributed by atoms with Crippen molar-refractivity contribution in [3.05, 3.63) is 43.1 Å². The Kier molecular flexibility index (Phi) is 2.71. The summed E-state index contributed by atoms with van der Waals surface area (Å²) < 4.78 is 0. The molecule has 3 aromatic heterocycles. The number of nitrogen functional groups attached to an aromatic ring is 1. The van der Waals surface area contributed by atoms with Gasteiger partial charge in [-0.1, -0.05) is 11.8 Å². The maximum absolute atomic E-state index is 6.26. The quantitative estimate of drug-likeness (QED) is 0.436. The minimum Gasteiger partial charge on any atom is -0.397 e. The summed E-state index contributed by atoms with van der Waals surface area (Å²) in [5.74, 6) is 0. The van der Waals surface area contributed by atoms with Gasteiger partial charge in [0, 0.05) is 16.5 Å². The van der Waals surface area contributed by atoms with E-state index in [-0.39, 0.29) is 0 Å². The lowest BCUT2D eigenvalue weighted by Crippen LogP contribution is -1.93. The Morgan fingerprint density at radius 1 is 1.05 bits per heavy atom. The van der Waals surface area contributed by atoms with Crippen LogP contribution in [0, 0.1) is 0 Å². The van der Waals surface area contributed by atoms with Crippen LogP contribution >= 0.6 is 11.8 Å². The van der Waals surface area contributed by atoms with Gasteiger partial charge in [0.25, 0.3) is 0 Å². The van der Waals surface area contributed by atoms with E-state index < -0.39 is 0 Å². The number of nitrogens with zero attached hydrogens (tertiary/aromatic N) is 4. The summed E-state index contributed by atoms with van der Waals surface area (Å²) >= 11 is 1.49. The van der Waals surface area contributed by atoms with E-state index >= 15 is 0 Å². The van der Waals surface area contributed by atoms with Gasteiger partial charge in [0.1, 0.15) is 16.9 Å². The lowest BCUT2D eigenvalue weighted by molar-refractivity contribution is 1.08. The van der Waals surface area contributed by atoms with Crippen LogP contribution in [0.1, 0.15) is 0 Å². The number of aromatic nitrogens is 5. The third kappa shape index (κ3) is 1.98. The number of imidazole rings is 1. The predicted molar refractivity (Wildman–Crippen MR) is 82.0 cm³/mol. The summed E-state index contributed by atoms with van der Waals surface area (Å²) in [4.78, 5) is 20.8. The van der Waals surface area contributed by atoms with Gasteiger partial charge in [-0.2, -0.15) is 0 Å². The molecule has 7 heteroatoms. The van der Waals surface area contributed by atoms with Gasteiger partial charge in [0.2, 0.25) is 0 Å². The largest absolute Gasteiger partial charge is 0.397 e. The summed E-state index contributed by atoms with van der Waals surface area (Å²) in [6, 6.07) is 7.76. The summed E-state index contributed by atoms with van der Waals surface area (Å²) in [5, 5.41) is 1.74. The van der Waals surface area contributed by atoms with Gasteiger partial charge in [0.15, 0.2) is 5.65 Å². The minimum absolute atomic E-state index is 0.647. The Morgan fingerprint density at radius 3 is 2.95 bits per heavy atom. The normalized spacial score (nSPS) is 11.2. The highest BCUT2D eigenvalue weighted by Crippen LogP contribution is 2.36. The van der Waals surface area contributed by atoms with Crippen molar-refractivity contribution < 1.29 is 0 Å². The number of hydrogen-bond acceptors (Lipinski definition) is 6. The molecular weight excluding hydrogens is 284 g/mol. The van der Waals surface area contributed by atoms with Crippen LogP contribution in [0.2, 0.25) is 0 Å². The average Bonchev–Trinajstić information content (AvgIpc) is 3.00. The van der Waals surface area contributed by atoms with E-state index in [1.165, 1.54) is 18.1 Å². The maximum atomic E-state index is 6.26. The molecule has 1 aromatic carbocycles. The van der Waals surface area contributed by atoms with Crippen LogP contribution in [0.25, 0.3) is 22.1 Å². The second-order valence-corrected chi connectivity index (χ2v) is 5.46. The molecule has 21 heavy (non-hydrogen) atoms. The molecule has 3 heterocycles. The number of nitrogens with two attached hydrogens (primary N) is 1. The second kappa shape index (κ2) is 4.71. The Hall–Kier alpha value is -2.67. The molecule has 0 spiro atoms. The van der Waals surface area contributed by atoms with Crippen LogP contribution in [0.4, 0.5) is 5.69 Å². The summed E-state index contributed by atoms with van der Waals surface area (Å²) in [5.41, 5.74) is 9.30. The van der Waals surface area contributed by atoms with Crippen LogP contribution in [-0.2, 0) is 0 Å². The predicted octanol–water partition coefficient (Wildman–Crippen LogP) is 2.63. The molecule has 0 aliphatic carbocycles. The van der Waals surface area contributed by atoms with Crippen molar-refractivity contribution in [2.45, 2.75) is 9.92 Å². The van der Waals surface area contributed by atoms with Crippen molar-refractivity contribution in [2.24, 2.45) is 0 Å². The van der Waals surface area contributed by atoms with Gasteiger partial charge in [-0.3, -0.25) is 4.98 Å². The first kappa shape index (κ1) is 12.1. The topological polar surface area (TPSA) is 93.4 Å². The van der Waals surface area contributed by atoms with E-state index in [4.69, 9.17) is 5.73 Å². The molecule has 6 nitrogen and oxygen atoms in total. The molecule has 0 fully saturated rings. The Bertz CT molecular complexity index is 948. The molecule has 102 valence electrons. The summed E-state index contributed by atoms with van der Waals surface area (Å²) in [6.07, 6.45) is 4.87. The molecule has 3 N–H and O–H groups in total. The van der Waals surface area contributed by atoms with Crippen molar-refractivity contribution in [3.63, 3.8) is 0 Å². The molecule has 0 aliphatic heterocycles. The van der Waals surface area contributed by atoms with Crippen molar-refractivity contribution in [1.82, 2.24) is 24.9 Å². The molecular formula is C14H10N6S. The van der Waals surface area contributed by atoms with Gasteiger partial charge >= 0.3 is 0 Å². The Labute approximate surface area is 123 Å². The van der Waals surface area contributed by atoms with Gasteiger partial charge in [-0.15, -0.1) is 0 Å². The highest BCUT2D eigenvalue weighted by atomic mass is 32.2. The molecule has 0 unspecified atom stereocenters. The van der Waals surface area contributed by atoms with Crippen molar-refractivity contribution in [1.29, 1.82) is 0 Å². The number of rotatable bonds is 2. The third-order valence-electron chi connectivity index (χ3n) is 3.18. The molecule has 0 radical (unpaired) electrons. The number of fused-ring (bicyclic) bond motifs is 2. The average molecular weight is 294 g/mol. The number of nitrogens with one attached hydrogen (secondary N) is 1.